The van der Waals surface area contributed by atoms with Crippen LogP contribution < -0.4 is 10.4 Å². The summed E-state index contributed by atoms with van der Waals surface area (Å²) in [6.45, 7) is 1.35. The van der Waals surface area contributed by atoms with Crippen LogP contribution in [-0.2, 0) is 6.18 Å². The van der Waals surface area contributed by atoms with E-state index in [1.807, 2.05) is 0 Å². The molecule has 1 saturated heterocycles. The van der Waals surface area contributed by atoms with Crippen LogP contribution in [0.2, 0.25) is 0 Å². The van der Waals surface area contributed by atoms with E-state index in [4.69, 9.17) is 0 Å². The zero-order valence-corrected chi connectivity index (χ0v) is 8.01. The van der Waals surface area contributed by atoms with Gasteiger partial charge in [0.15, 0.2) is 0 Å². The minimum absolute atomic E-state index is 0.211. The molecule has 0 aromatic heterocycles. The lowest BCUT2D eigenvalue weighted by molar-refractivity contribution is -0.137. The van der Waals surface area contributed by atoms with E-state index in [1.165, 1.54) is 12.1 Å². The highest BCUT2D eigenvalue weighted by Crippen LogP contribution is 2.36. The highest BCUT2D eigenvalue weighted by Gasteiger charge is 2.34. The highest BCUT2D eigenvalue weighted by molar-refractivity contribution is 5.54. The maximum absolute atomic E-state index is 12.6. The summed E-state index contributed by atoms with van der Waals surface area (Å²) >= 11 is 0. The molecule has 5 heteroatoms. The maximum atomic E-state index is 12.6. The molecule has 1 heterocycles. The van der Waals surface area contributed by atoms with Crippen LogP contribution in [0.25, 0.3) is 0 Å². The van der Waals surface area contributed by atoms with E-state index >= 15 is 0 Å². The van der Waals surface area contributed by atoms with E-state index in [0.717, 1.165) is 19.0 Å². The molecular weight excluding hydrogens is 205 g/mol. The SMILES string of the molecule is FC(F)(F)c1ccccc1N1CCCN1. The molecule has 1 N–H and O–H groups in total. The summed E-state index contributed by atoms with van der Waals surface area (Å²) < 4.78 is 37.9. The Hall–Kier alpha value is -1.23. The molecule has 0 amide bonds. The van der Waals surface area contributed by atoms with Crippen molar-refractivity contribution in [2.24, 2.45) is 0 Å². The van der Waals surface area contributed by atoms with Crippen molar-refractivity contribution in [1.29, 1.82) is 0 Å². The van der Waals surface area contributed by atoms with Gasteiger partial charge in [-0.25, -0.2) is 5.43 Å². The van der Waals surface area contributed by atoms with Crippen molar-refractivity contribution in [1.82, 2.24) is 5.43 Å². The number of nitrogens with one attached hydrogen (secondary N) is 1. The van der Waals surface area contributed by atoms with E-state index in [9.17, 15) is 13.2 Å². The molecule has 0 aliphatic carbocycles. The number of nitrogens with zero attached hydrogens (tertiary/aromatic N) is 1. The van der Waals surface area contributed by atoms with Crippen LogP contribution in [0.15, 0.2) is 24.3 Å². The molecule has 0 spiro atoms. The van der Waals surface area contributed by atoms with Gasteiger partial charge in [0, 0.05) is 13.1 Å². The molecule has 0 bridgehead atoms. The third kappa shape index (κ3) is 2.07. The zero-order chi connectivity index (χ0) is 10.9. The second-order valence-electron chi connectivity index (χ2n) is 3.43. The van der Waals surface area contributed by atoms with E-state index in [1.54, 1.807) is 11.1 Å². The minimum atomic E-state index is -4.29. The predicted molar refractivity (Wildman–Crippen MR) is 51.4 cm³/mol. The summed E-state index contributed by atoms with van der Waals surface area (Å²) in [5.41, 5.74) is 2.55. The molecule has 0 radical (unpaired) electrons. The van der Waals surface area contributed by atoms with Crippen molar-refractivity contribution in [2.45, 2.75) is 12.6 Å². The highest BCUT2D eigenvalue weighted by atomic mass is 19.4. The van der Waals surface area contributed by atoms with Crippen LogP contribution in [0.1, 0.15) is 12.0 Å². The molecule has 82 valence electrons. The first-order valence-electron chi connectivity index (χ1n) is 4.76. The van der Waals surface area contributed by atoms with Crippen LogP contribution in [-0.4, -0.2) is 13.1 Å². The first-order chi connectivity index (χ1) is 7.09. The second-order valence-corrected chi connectivity index (χ2v) is 3.43. The lowest BCUT2D eigenvalue weighted by Gasteiger charge is -2.22. The summed E-state index contributed by atoms with van der Waals surface area (Å²) in [4.78, 5) is 0. The Balaban J connectivity index is 2.37. The fourth-order valence-electron chi connectivity index (χ4n) is 1.68. The monoisotopic (exact) mass is 216 g/mol. The standard InChI is InChI=1S/C10H11F3N2/c11-10(12,13)8-4-1-2-5-9(8)15-7-3-6-14-15/h1-2,4-5,14H,3,6-7H2. The average molecular weight is 216 g/mol. The number of benzene rings is 1. The van der Waals surface area contributed by atoms with Gasteiger partial charge in [-0.3, -0.25) is 0 Å². The summed E-state index contributed by atoms with van der Waals surface area (Å²) in [7, 11) is 0. The van der Waals surface area contributed by atoms with Crippen LogP contribution in [0.5, 0.6) is 0 Å². The molecule has 1 aromatic rings. The van der Waals surface area contributed by atoms with Gasteiger partial charge in [-0.05, 0) is 18.6 Å². The van der Waals surface area contributed by atoms with Crippen molar-refractivity contribution in [2.75, 3.05) is 18.1 Å². The Kier molecular flexibility index (Phi) is 2.56. The minimum Gasteiger partial charge on any atom is -0.308 e. The van der Waals surface area contributed by atoms with E-state index in [-0.39, 0.29) is 5.69 Å². The van der Waals surface area contributed by atoms with Crippen molar-refractivity contribution < 1.29 is 13.2 Å². The van der Waals surface area contributed by atoms with Gasteiger partial charge in [-0.1, -0.05) is 12.1 Å². The lowest BCUT2D eigenvalue weighted by atomic mass is 10.1. The molecule has 2 rings (SSSR count). The number of hydrogen-bond donors (Lipinski definition) is 1. The Morgan fingerprint density at radius 3 is 2.53 bits per heavy atom. The molecular formula is C10H11F3N2. The molecule has 1 fully saturated rings. The van der Waals surface area contributed by atoms with Crippen LogP contribution in [0.4, 0.5) is 18.9 Å². The Labute approximate surface area is 85.7 Å². The van der Waals surface area contributed by atoms with Gasteiger partial charge in [0.05, 0.1) is 11.3 Å². The van der Waals surface area contributed by atoms with Crippen LogP contribution in [0.3, 0.4) is 0 Å². The topological polar surface area (TPSA) is 15.3 Å². The Bertz CT molecular complexity index is 343. The van der Waals surface area contributed by atoms with Gasteiger partial charge in [0.1, 0.15) is 0 Å². The third-order valence-electron chi connectivity index (χ3n) is 2.36. The van der Waals surface area contributed by atoms with Gasteiger partial charge < -0.3 is 5.01 Å². The van der Waals surface area contributed by atoms with E-state index in [0.29, 0.717) is 6.54 Å². The normalized spacial score (nSPS) is 17.1. The van der Waals surface area contributed by atoms with Gasteiger partial charge in [-0.15, -0.1) is 0 Å². The van der Waals surface area contributed by atoms with Gasteiger partial charge in [-0.2, -0.15) is 13.2 Å². The number of anilines is 1. The number of alkyl halides is 3. The van der Waals surface area contributed by atoms with Crippen LogP contribution >= 0.6 is 0 Å². The molecule has 0 saturated carbocycles. The summed E-state index contributed by atoms with van der Waals surface area (Å²) in [6, 6.07) is 5.61. The number of halogens is 3. The van der Waals surface area contributed by atoms with Crippen molar-refractivity contribution in [3.8, 4) is 0 Å². The summed E-state index contributed by atoms with van der Waals surface area (Å²) in [6.07, 6.45) is -3.42. The van der Waals surface area contributed by atoms with E-state index < -0.39 is 11.7 Å². The summed E-state index contributed by atoms with van der Waals surface area (Å²) in [5, 5.41) is 1.56. The van der Waals surface area contributed by atoms with Crippen molar-refractivity contribution in [3.63, 3.8) is 0 Å². The molecule has 0 atom stereocenters. The van der Waals surface area contributed by atoms with Gasteiger partial charge in [0.2, 0.25) is 0 Å². The quantitative estimate of drug-likeness (QED) is 0.775. The number of rotatable bonds is 1. The van der Waals surface area contributed by atoms with E-state index in [2.05, 4.69) is 5.43 Å². The smallest absolute Gasteiger partial charge is 0.308 e. The predicted octanol–water partition coefficient (Wildman–Crippen LogP) is 2.42. The molecule has 2 nitrogen and oxygen atoms in total. The lowest BCUT2D eigenvalue weighted by Crippen LogP contribution is -2.32. The molecule has 1 aromatic carbocycles. The number of hydrazine groups is 1. The zero-order valence-electron chi connectivity index (χ0n) is 8.01. The van der Waals surface area contributed by atoms with Gasteiger partial charge >= 0.3 is 6.18 Å². The third-order valence-corrected chi connectivity index (χ3v) is 2.36. The maximum Gasteiger partial charge on any atom is 0.418 e. The largest absolute Gasteiger partial charge is 0.418 e. The second kappa shape index (κ2) is 3.73. The fourth-order valence-corrected chi connectivity index (χ4v) is 1.68. The molecule has 1 aliphatic heterocycles. The Morgan fingerprint density at radius 1 is 1.20 bits per heavy atom. The van der Waals surface area contributed by atoms with Gasteiger partial charge in [0.25, 0.3) is 0 Å². The van der Waals surface area contributed by atoms with Crippen molar-refractivity contribution in [3.05, 3.63) is 29.8 Å². The number of hydrogen-bond acceptors (Lipinski definition) is 2. The first kappa shape index (κ1) is 10.3. The Morgan fingerprint density at radius 2 is 1.93 bits per heavy atom. The van der Waals surface area contributed by atoms with Crippen molar-refractivity contribution >= 4 is 5.69 Å². The fraction of sp³-hybridized carbons (Fsp3) is 0.400. The average Bonchev–Trinajstić information content (AvgIpc) is 2.69. The molecule has 0 unspecified atom stereocenters. The molecule has 15 heavy (non-hydrogen) atoms. The first-order valence-corrected chi connectivity index (χ1v) is 4.76. The number of para-hydroxylation sites is 1. The van der Waals surface area contributed by atoms with Crippen LogP contribution in [0, 0.1) is 0 Å². The summed E-state index contributed by atoms with van der Waals surface area (Å²) in [5.74, 6) is 0. The molecule has 1 aliphatic rings.